The van der Waals surface area contributed by atoms with Gasteiger partial charge in [0.25, 0.3) is 0 Å². The van der Waals surface area contributed by atoms with Crippen molar-refractivity contribution in [2.75, 3.05) is 0 Å². The Balaban J connectivity index is 1.89. The highest BCUT2D eigenvalue weighted by Gasteiger charge is 2.17. The number of rotatable bonds is 2. The Labute approximate surface area is 121 Å². The van der Waals surface area contributed by atoms with Crippen molar-refractivity contribution in [3.63, 3.8) is 0 Å². The molecule has 1 saturated carbocycles. The van der Waals surface area contributed by atoms with Crippen molar-refractivity contribution in [3.05, 3.63) is 28.9 Å². The van der Waals surface area contributed by atoms with Crippen LogP contribution in [0.4, 0.5) is 0 Å². The Kier molecular flexibility index (Phi) is 3.71. The molecule has 0 N–H and O–H groups in total. The highest BCUT2D eigenvalue weighted by molar-refractivity contribution is 6.33. The second-order valence-electron chi connectivity index (χ2n) is 4.84. The summed E-state index contributed by atoms with van der Waals surface area (Å²) in [6, 6.07) is 0.499. The molecule has 0 bridgehead atoms. The van der Waals surface area contributed by atoms with E-state index in [9.17, 15) is 0 Å². The Morgan fingerprint density at radius 2 is 1.89 bits per heavy atom. The van der Waals surface area contributed by atoms with E-state index in [1.165, 1.54) is 38.3 Å². The summed E-state index contributed by atoms with van der Waals surface area (Å²) in [6.45, 7) is 0. The molecule has 100 valence electrons. The second kappa shape index (κ2) is 5.47. The van der Waals surface area contributed by atoms with Crippen molar-refractivity contribution in [2.24, 2.45) is 0 Å². The van der Waals surface area contributed by atoms with E-state index in [-0.39, 0.29) is 5.28 Å². The predicted molar refractivity (Wildman–Crippen MR) is 75.4 cm³/mol. The highest BCUT2D eigenvalue weighted by Crippen LogP contribution is 2.30. The van der Waals surface area contributed by atoms with Gasteiger partial charge in [0.1, 0.15) is 0 Å². The lowest BCUT2D eigenvalue weighted by molar-refractivity contribution is 0.329. The first-order chi connectivity index (χ1) is 9.24. The van der Waals surface area contributed by atoms with Gasteiger partial charge < -0.3 is 0 Å². The zero-order valence-corrected chi connectivity index (χ0v) is 11.9. The van der Waals surface area contributed by atoms with Gasteiger partial charge in [-0.15, -0.1) is 0 Å². The summed E-state index contributed by atoms with van der Waals surface area (Å²) in [5.74, 6) is 0. The Hall–Kier alpha value is -1.13. The van der Waals surface area contributed by atoms with Gasteiger partial charge >= 0.3 is 0 Å². The van der Waals surface area contributed by atoms with Crippen LogP contribution in [0.1, 0.15) is 38.1 Å². The predicted octanol–water partition coefficient (Wildman–Crippen LogP) is 4.15. The second-order valence-corrected chi connectivity index (χ2v) is 5.58. The van der Waals surface area contributed by atoms with Gasteiger partial charge in [-0.3, -0.25) is 4.68 Å². The molecule has 1 fully saturated rings. The van der Waals surface area contributed by atoms with Gasteiger partial charge in [0.2, 0.25) is 5.28 Å². The number of hydrogen-bond acceptors (Lipinski definition) is 3. The van der Waals surface area contributed by atoms with E-state index in [0.717, 1.165) is 5.56 Å². The summed E-state index contributed by atoms with van der Waals surface area (Å²) >= 11 is 11.9. The molecule has 0 unspecified atom stereocenters. The third-order valence-electron chi connectivity index (χ3n) is 3.54. The molecule has 0 spiro atoms. The largest absolute Gasteiger partial charge is 0.269 e. The molecule has 0 amide bonds. The van der Waals surface area contributed by atoms with Gasteiger partial charge in [0.05, 0.1) is 29.2 Å². The first-order valence-corrected chi connectivity index (χ1v) is 7.22. The summed E-state index contributed by atoms with van der Waals surface area (Å²) in [5.41, 5.74) is 1.53. The van der Waals surface area contributed by atoms with E-state index in [1.807, 2.05) is 10.9 Å². The molecule has 2 aromatic rings. The molecule has 1 aliphatic rings. The number of halogens is 2. The van der Waals surface area contributed by atoms with Crippen LogP contribution in [-0.2, 0) is 0 Å². The van der Waals surface area contributed by atoms with Crippen LogP contribution in [0.15, 0.2) is 18.6 Å². The van der Waals surface area contributed by atoms with Crippen LogP contribution in [0.25, 0.3) is 11.3 Å². The molecule has 0 aromatic carbocycles. The molecular formula is C13H14Cl2N4. The zero-order valence-electron chi connectivity index (χ0n) is 10.4. The van der Waals surface area contributed by atoms with Crippen molar-refractivity contribution >= 4 is 23.2 Å². The van der Waals surface area contributed by atoms with Gasteiger partial charge in [-0.25, -0.2) is 9.97 Å². The normalized spacial score (nSPS) is 16.7. The van der Waals surface area contributed by atoms with Crippen LogP contribution in [0, 0.1) is 0 Å². The van der Waals surface area contributed by atoms with Crippen LogP contribution < -0.4 is 0 Å². The lowest BCUT2D eigenvalue weighted by Gasteiger charge is -2.21. The lowest BCUT2D eigenvalue weighted by Crippen LogP contribution is -2.12. The Morgan fingerprint density at radius 3 is 2.68 bits per heavy atom. The quantitative estimate of drug-likeness (QED) is 0.782. The van der Waals surface area contributed by atoms with Gasteiger partial charge in [0, 0.05) is 11.8 Å². The van der Waals surface area contributed by atoms with Crippen LogP contribution in [0.5, 0.6) is 0 Å². The summed E-state index contributed by atoms with van der Waals surface area (Å²) in [5, 5.41) is 5.13. The first kappa shape index (κ1) is 12.9. The van der Waals surface area contributed by atoms with Gasteiger partial charge in [-0.1, -0.05) is 30.9 Å². The maximum absolute atomic E-state index is 6.11. The van der Waals surface area contributed by atoms with E-state index < -0.39 is 0 Å². The van der Waals surface area contributed by atoms with Gasteiger partial charge in [0.15, 0.2) is 0 Å². The fourth-order valence-corrected chi connectivity index (χ4v) is 2.89. The summed E-state index contributed by atoms with van der Waals surface area (Å²) in [6.07, 6.45) is 11.6. The highest BCUT2D eigenvalue weighted by atomic mass is 35.5. The van der Waals surface area contributed by atoms with Crippen LogP contribution >= 0.6 is 23.2 Å². The monoisotopic (exact) mass is 296 g/mol. The Bertz CT molecular complexity index is 576. The van der Waals surface area contributed by atoms with Crippen molar-refractivity contribution < 1.29 is 0 Å². The summed E-state index contributed by atoms with van der Waals surface area (Å²) in [4.78, 5) is 8.03. The minimum Gasteiger partial charge on any atom is -0.269 e. The standard InChI is InChI=1S/C13H14Cl2N4/c14-11-7-16-13(15)18-12(11)9-6-17-19(8-9)10-4-2-1-3-5-10/h6-8,10H,1-5H2. The maximum Gasteiger partial charge on any atom is 0.222 e. The van der Waals surface area contributed by atoms with E-state index in [2.05, 4.69) is 15.1 Å². The average molecular weight is 297 g/mol. The molecule has 4 nitrogen and oxygen atoms in total. The minimum absolute atomic E-state index is 0.199. The molecule has 2 heterocycles. The maximum atomic E-state index is 6.11. The fourth-order valence-electron chi connectivity index (χ4n) is 2.55. The molecule has 0 atom stereocenters. The van der Waals surface area contributed by atoms with E-state index in [4.69, 9.17) is 23.2 Å². The lowest BCUT2D eigenvalue weighted by atomic mass is 9.96. The Morgan fingerprint density at radius 1 is 1.11 bits per heavy atom. The van der Waals surface area contributed by atoms with Gasteiger partial charge in [-0.2, -0.15) is 5.10 Å². The van der Waals surface area contributed by atoms with Crippen LogP contribution in [0.3, 0.4) is 0 Å². The molecule has 2 aromatic heterocycles. The molecule has 19 heavy (non-hydrogen) atoms. The number of hydrogen-bond donors (Lipinski definition) is 0. The molecular weight excluding hydrogens is 283 g/mol. The third-order valence-corrected chi connectivity index (χ3v) is 4.00. The van der Waals surface area contributed by atoms with Crippen molar-refractivity contribution in [3.8, 4) is 11.3 Å². The van der Waals surface area contributed by atoms with Crippen LogP contribution in [0.2, 0.25) is 10.3 Å². The average Bonchev–Trinajstić information content (AvgIpc) is 2.92. The fraction of sp³-hybridized carbons (Fsp3) is 0.462. The smallest absolute Gasteiger partial charge is 0.222 e. The summed E-state index contributed by atoms with van der Waals surface area (Å²) < 4.78 is 2.03. The van der Waals surface area contributed by atoms with Crippen molar-refractivity contribution in [1.82, 2.24) is 19.7 Å². The minimum atomic E-state index is 0.199. The van der Waals surface area contributed by atoms with Crippen molar-refractivity contribution in [1.29, 1.82) is 0 Å². The van der Waals surface area contributed by atoms with Crippen LogP contribution in [-0.4, -0.2) is 19.7 Å². The van der Waals surface area contributed by atoms with Crippen molar-refractivity contribution in [2.45, 2.75) is 38.1 Å². The molecule has 0 saturated heterocycles. The third kappa shape index (κ3) is 2.74. The first-order valence-electron chi connectivity index (χ1n) is 6.46. The van der Waals surface area contributed by atoms with E-state index in [0.29, 0.717) is 16.8 Å². The van der Waals surface area contributed by atoms with Gasteiger partial charge in [-0.05, 0) is 24.4 Å². The molecule has 3 rings (SSSR count). The van der Waals surface area contributed by atoms with E-state index >= 15 is 0 Å². The SMILES string of the molecule is Clc1ncc(Cl)c(-c2cnn(C3CCCCC3)c2)n1. The molecule has 6 heteroatoms. The molecule has 0 aliphatic heterocycles. The molecule has 1 aliphatic carbocycles. The number of nitrogens with zero attached hydrogens (tertiary/aromatic N) is 4. The number of aromatic nitrogens is 4. The molecule has 0 radical (unpaired) electrons. The topological polar surface area (TPSA) is 43.6 Å². The zero-order chi connectivity index (χ0) is 13.2. The van der Waals surface area contributed by atoms with E-state index in [1.54, 1.807) is 6.20 Å². The summed E-state index contributed by atoms with van der Waals surface area (Å²) in [7, 11) is 0.